The molecule has 0 saturated heterocycles. The van der Waals surface area contributed by atoms with Gasteiger partial charge in [-0.15, -0.1) is 0 Å². The van der Waals surface area contributed by atoms with Crippen LogP contribution in [0.3, 0.4) is 0 Å². The maximum absolute atomic E-state index is 13.6. The number of nitrogens with zero attached hydrogens (tertiary/aromatic N) is 4. The summed E-state index contributed by atoms with van der Waals surface area (Å²) in [6, 6.07) is 26.4. The van der Waals surface area contributed by atoms with Gasteiger partial charge in [0.2, 0.25) is 0 Å². The third kappa shape index (κ3) is 5.36. The number of ether oxygens (including phenoxy) is 1. The monoisotopic (exact) mass is 478 g/mol. The quantitative estimate of drug-likeness (QED) is 0.378. The Balaban J connectivity index is 1.33. The lowest BCUT2D eigenvalue weighted by atomic mass is 10.0. The molecule has 1 aromatic heterocycles. The topological polar surface area (TPSA) is 67.7 Å². The van der Waals surface area contributed by atoms with Crippen LogP contribution in [-0.2, 0) is 29.1 Å². The molecule has 7 heteroatoms. The van der Waals surface area contributed by atoms with Crippen LogP contribution in [0.25, 0.3) is 5.69 Å². The van der Waals surface area contributed by atoms with Crippen LogP contribution in [0.2, 0.25) is 0 Å². The maximum atomic E-state index is 13.6. The molecule has 1 atom stereocenters. The first kappa shape index (κ1) is 23.1. The molecule has 4 aromatic rings. The van der Waals surface area contributed by atoms with Crippen LogP contribution in [0, 0.1) is 0 Å². The van der Waals surface area contributed by atoms with E-state index in [1.165, 1.54) is 4.90 Å². The number of carbonyl (C=O) groups excluding carboxylic acids is 2. The van der Waals surface area contributed by atoms with Crippen LogP contribution in [0.15, 0.2) is 116 Å². The van der Waals surface area contributed by atoms with Gasteiger partial charge < -0.3 is 14.2 Å². The van der Waals surface area contributed by atoms with Crippen molar-refractivity contribution in [3.63, 3.8) is 0 Å². The van der Waals surface area contributed by atoms with Crippen LogP contribution >= 0.6 is 0 Å². The molecule has 0 radical (unpaired) electrons. The zero-order valence-corrected chi connectivity index (χ0v) is 19.7. The van der Waals surface area contributed by atoms with Gasteiger partial charge in [-0.1, -0.05) is 72.8 Å². The minimum atomic E-state index is -0.703. The first-order valence-electron chi connectivity index (χ1n) is 11.8. The van der Waals surface area contributed by atoms with Crippen molar-refractivity contribution >= 4 is 12.0 Å². The zero-order valence-electron chi connectivity index (χ0n) is 19.7. The van der Waals surface area contributed by atoms with E-state index in [9.17, 15) is 9.59 Å². The average Bonchev–Trinajstić information content (AvgIpc) is 3.46. The van der Waals surface area contributed by atoms with E-state index in [1.807, 2.05) is 95.7 Å². The van der Waals surface area contributed by atoms with Crippen LogP contribution < -0.4 is 0 Å². The van der Waals surface area contributed by atoms with E-state index in [1.54, 1.807) is 29.8 Å². The molecule has 0 saturated carbocycles. The summed E-state index contributed by atoms with van der Waals surface area (Å²) in [4.78, 5) is 33.7. The highest BCUT2D eigenvalue weighted by Gasteiger charge is 2.35. The standard InChI is InChI=1S/C29H26N4O3/c34-28-27(19-23-7-3-1-4-8-23)33(29(35)36-21-25-9-5-2-6-10-25)18-17-31(28)20-24-11-13-26(14-12-24)32-16-15-30-22-32/h1-18,22,27H,19-21H2/t27-/m0/s1. The number of carbonyl (C=O) groups is 2. The molecule has 0 spiro atoms. The summed E-state index contributed by atoms with van der Waals surface area (Å²) in [5.74, 6) is -0.156. The largest absolute Gasteiger partial charge is 0.444 e. The van der Waals surface area contributed by atoms with Crippen LogP contribution in [0.5, 0.6) is 0 Å². The lowest BCUT2D eigenvalue weighted by Gasteiger charge is -2.35. The molecule has 0 unspecified atom stereocenters. The van der Waals surface area contributed by atoms with E-state index < -0.39 is 12.1 Å². The van der Waals surface area contributed by atoms with Gasteiger partial charge in [-0.2, -0.15) is 0 Å². The van der Waals surface area contributed by atoms with E-state index in [-0.39, 0.29) is 12.5 Å². The highest BCUT2D eigenvalue weighted by molar-refractivity contribution is 5.88. The Bertz CT molecular complexity index is 1320. The highest BCUT2D eigenvalue weighted by Crippen LogP contribution is 2.21. The Labute approximate surface area is 209 Å². The molecule has 0 aliphatic carbocycles. The average molecular weight is 479 g/mol. The second-order valence-corrected chi connectivity index (χ2v) is 8.55. The predicted molar refractivity (Wildman–Crippen MR) is 136 cm³/mol. The molecule has 180 valence electrons. The molecule has 2 heterocycles. The minimum absolute atomic E-state index is 0.142. The van der Waals surface area contributed by atoms with Crippen LogP contribution in [0.4, 0.5) is 4.79 Å². The molecule has 0 bridgehead atoms. The van der Waals surface area contributed by atoms with Gasteiger partial charge in [0.15, 0.2) is 0 Å². The molecule has 7 nitrogen and oxygen atoms in total. The Hall–Kier alpha value is -4.65. The maximum Gasteiger partial charge on any atom is 0.414 e. The number of hydrogen-bond acceptors (Lipinski definition) is 4. The van der Waals surface area contributed by atoms with Crippen molar-refractivity contribution < 1.29 is 14.3 Å². The molecule has 3 aromatic carbocycles. The Morgan fingerprint density at radius 1 is 0.833 bits per heavy atom. The number of amides is 2. The highest BCUT2D eigenvalue weighted by atomic mass is 16.6. The Morgan fingerprint density at radius 2 is 1.53 bits per heavy atom. The van der Waals surface area contributed by atoms with Crippen molar-refractivity contribution in [3.8, 4) is 5.69 Å². The second kappa shape index (κ2) is 10.7. The third-order valence-electron chi connectivity index (χ3n) is 6.09. The van der Waals surface area contributed by atoms with E-state index >= 15 is 0 Å². The lowest BCUT2D eigenvalue weighted by molar-refractivity contribution is -0.134. The van der Waals surface area contributed by atoms with Crippen LogP contribution in [-0.4, -0.2) is 37.4 Å². The van der Waals surface area contributed by atoms with Crippen molar-refractivity contribution in [2.45, 2.75) is 25.6 Å². The molecule has 36 heavy (non-hydrogen) atoms. The first-order valence-corrected chi connectivity index (χ1v) is 11.8. The molecule has 2 amide bonds. The van der Waals surface area contributed by atoms with Gasteiger partial charge >= 0.3 is 6.09 Å². The van der Waals surface area contributed by atoms with E-state index in [2.05, 4.69) is 4.98 Å². The predicted octanol–water partition coefficient (Wildman–Crippen LogP) is 4.94. The first-order chi connectivity index (χ1) is 17.7. The summed E-state index contributed by atoms with van der Waals surface area (Å²) >= 11 is 0. The van der Waals surface area contributed by atoms with Gasteiger partial charge in [0.25, 0.3) is 5.91 Å². The lowest BCUT2D eigenvalue weighted by Crippen LogP contribution is -2.51. The number of benzene rings is 3. The summed E-state index contributed by atoms with van der Waals surface area (Å²) in [5.41, 5.74) is 3.83. The number of imidazole rings is 1. The normalized spacial score (nSPS) is 15.2. The number of aromatic nitrogens is 2. The van der Waals surface area contributed by atoms with Gasteiger partial charge in [-0.05, 0) is 28.8 Å². The number of hydrogen-bond donors (Lipinski definition) is 0. The molecular formula is C29H26N4O3. The van der Waals surface area contributed by atoms with Crippen LogP contribution in [0.1, 0.15) is 16.7 Å². The summed E-state index contributed by atoms with van der Waals surface area (Å²) in [6.07, 6.45) is 8.49. The van der Waals surface area contributed by atoms with Gasteiger partial charge in [-0.3, -0.25) is 9.69 Å². The summed E-state index contributed by atoms with van der Waals surface area (Å²) in [5, 5.41) is 0. The molecule has 0 N–H and O–H groups in total. The van der Waals surface area contributed by atoms with E-state index in [4.69, 9.17) is 4.74 Å². The number of rotatable bonds is 7. The fraction of sp³-hybridized carbons (Fsp3) is 0.138. The molecule has 1 aliphatic rings. The zero-order chi connectivity index (χ0) is 24.7. The molecule has 5 rings (SSSR count). The SMILES string of the molecule is O=C1[C@H](Cc2ccccc2)N(C(=O)OCc2ccccc2)C=CN1Cc1ccc(-n2ccnc2)cc1. The Morgan fingerprint density at radius 3 is 2.19 bits per heavy atom. The molecular weight excluding hydrogens is 452 g/mol. The van der Waals surface area contributed by atoms with Gasteiger partial charge in [0.1, 0.15) is 12.6 Å². The minimum Gasteiger partial charge on any atom is -0.444 e. The smallest absolute Gasteiger partial charge is 0.414 e. The fourth-order valence-corrected chi connectivity index (χ4v) is 4.16. The summed E-state index contributed by atoms with van der Waals surface area (Å²) in [7, 11) is 0. The summed E-state index contributed by atoms with van der Waals surface area (Å²) < 4.78 is 7.46. The molecule has 0 fully saturated rings. The van der Waals surface area contributed by atoms with E-state index in [0.29, 0.717) is 13.0 Å². The summed E-state index contributed by atoms with van der Waals surface area (Å²) in [6.45, 7) is 0.543. The van der Waals surface area contributed by atoms with Crippen molar-refractivity contribution in [1.82, 2.24) is 19.4 Å². The van der Waals surface area contributed by atoms with Gasteiger partial charge in [-0.25, -0.2) is 9.78 Å². The van der Waals surface area contributed by atoms with Crippen molar-refractivity contribution in [1.29, 1.82) is 0 Å². The van der Waals surface area contributed by atoms with Crippen molar-refractivity contribution in [2.75, 3.05) is 0 Å². The second-order valence-electron chi connectivity index (χ2n) is 8.55. The van der Waals surface area contributed by atoms with Crippen molar-refractivity contribution in [2.24, 2.45) is 0 Å². The fourth-order valence-electron chi connectivity index (χ4n) is 4.16. The van der Waals surface area contributed by atoms with Crippen molar-refractivity contribution in [3.05, 3.63) is 133 Å². The van der Waals surface area contributed by atoms with Gasteiger partial charge in [0.05, 0.1) is 12.9 Å². The van der Waals surface area contributed by atoms with Gasteiger partial charge in [0, 0.05) is 36.9 Å². The Kier molecular flexibility index (Phi) is 6.89. The molecule has 1 aliphatic heterocycles. The van der Waals surface area contributed by atoms with E-state index in [0.717, 1.165) is 22.4 Å². The third-order valence-corrected chi connectivity index (χ3v) is 6.09.